The Morgan fingerprint density at radius 2 is 1.93 bits per heavy atom. The maximum Gasteiger partial charge on any atom is 0.264 e. The third kappa shape index (κ3) is 4.02. The van der Waals surface area contributed by atoms with Crippen LogP contribution >= 0.6 is 11.3 Å². The number of carbonyl (C=O) groups is 1. The Balaban J connectivity index is 1.47. The zero-order chi connectivity index (χ0) is 19.3. The summed E-state index contributed by atoms with van der Waals surface area (Å²) in [5, 5.41) is 10.1. The molecule has 0 spiro atoms. The number of hydrogen-bond acceptors (Lipinski definition) is 5. The molecule has 1 amide bonds. The van der Waals surface area contributed by atoms with Crippen molar-refractivity contribution in [2.24, 2.45) is 0 Å². The molecule has 0 unspecified atom stereocenters. The summed E-state index contributed by atoms with van der Waals surface area (Å²) in [6.45, 7) is 0.303. The Kier molecular flexibility index (Phi) is 5.03. The van der Waals surface area contributed by atoms with Crippen LogP contribution in [0.2, 0.25) is 0 Å². The van der Waals surface area contributed by atoms with E-state index in [1.807, 2.05) is 23.6 Å². The predicted octanol–water partition coefficient (Wildman–Crippen LogP) is 3.66. The van der Waals surface area contributed by atoms with E-state index in [2.05, 4.69) is 20.5 Å². The number of aromatic amines is 2. The van der Waals surface area contributed by atoms with Gasteiger partial charge in [0.1, 0.15) is 12.4 Å². The summed E-state index contributed by atoms with van der Waals surface area (Å²) in [4.78, 5) is 28.1. The van der Waals surface area contributed by atoms with Crippen LogP contribution in [0.15, 0.2) is 70.3 Å². The molecule has 2 heterocycles. The number of aromatic nitrogens is 3. The fourth-order valence-electron chi connectivity index (χ4n) is 2.66. The van der Waals surface area contributed by atoms with E-state index in [9.17, 15) is 9.59 Å². The van der Waals surface area contributed by atoms with Crippen LogP contribution in [-0.2, 0) is 6.61 Å². The zero-order valence-corrected chi connectivity index (χ0v) is 15.5. The van der Waals surface area contributed by atoms with Gasteiger partial charge < -0.3 is 10.1 Å². The quantitative estimate of drug-likeness (QED) is 0.466. The summed E-state index contributed by atoms with van der Waals surface area (Å²) in [6, 6.07) is 15.7. The lowest BCUT2D eigenvalue weighted by Gasteiger charge is -2.11. The van der Waals surface area contributed by atoms with Crippen LogP contribution in [0.1, 0.15) is 16.1 Å². The number of ether oxygens (including phenoxy) is 1. The molecular weight excluding hydrogens is 376 g/mol. The van der Waals surface area contributed by atoms with Gasteiger partial charge in [0.05, 0.1) is 22.5 Å². The second-order valence-electron chi connectivity index (χ2n) is 5.97. The van der Waals surface area contributed by atoms with E-state index in [1.165, 1.54) is 17.4 Å². The van der Waals surface area contributed by atoms with Gasteiger partial charge in [0.25, 0.3) is 11.5 Å². The Morgan fingerprint density at radius 3 is 2.64 bits per heavy atom. The Bertz CT molecular complexity index is 1130. The Morgan fingerprint density at radius 1 is 1.11 bits per heavy atom. The van der Waals surface area contributed by atoms with Crippen LogP contribution in [-0.4, -0.2) is 21.1 Å². The summed E-state index contributed by atoms with van der Waals surface area (Å²) in [7, 11) is 0. The molecule has 0 saturated heterocycles. The summed E-state index contributed by atoms with van der Waals surface area (Å²) < 4.78 is 5.77. The zero-order valence-electron chi connectivity index (χ0n) is 14.6. The van der Waals surface area contributed by atoms with Crippen molar-refractivity contribution in [3.8, 4) is 17.0 Å². The number of carbonyl (C=O) groups excluding carboxylic acids is 1. The lowest BCUT2D eigenvalue weighted by molar-refractivity contribution is 0.102. The number of anilines is 1. The highest BCUT2D eigenvalue weighted by molar-refractivity contribution is 7.07. The van der Waals surface area contributed by atoms with Crippen LogP contribution in [0, 0.1) is 0 Å². The second-order valence-corrected chi connectivity index (χ2v) is 6.69. The number of nitrogens with zero attached hydrogens (tertiary/aromatic N) is 1. The minimum Gasteiger partial charge on any atom is -0.486 e. The van der Waals surface area contributed by atoms with E-state index in [4.69, 9.17) is 4.74 Å². The predicted molar refractivity (Wildman–Crippen MR) is 108 cm³/mol. The third-order valence-corrected chi connectivity index (χ3v) is 4.68. The first-order valence-corrected chi connectivity index (χ1v) is 9.42. The van der Waals surface area contributed by atoms with Crippen molar-refractivity contribution < 1.29 is 9.53 Å². The molecule has 8 heteroatoms. The first-order valence-electron chi connectivity index (χ1n) is 8.47. The number of amides is 1. The fraction of sp³-hybridized carbons (Fsp3) is 0.0500. The molecule has 3 N–H and O–H groups in total. The number of nitrogens with one attached hydrogen (secondary N) is 3. The molecule has 140 valence electrons. The van der Waals surface area contributed by atoms with Crippen LogP contribution < -0.4 is 15.6 Å². The maximum absolute atomic E-state index is 12.7. The van der Waals surface area contributed by atoms with E-state index in [-0.39, 0.29) is 11.5 Å². The molecule has 0 aliphatic heterocycles. The van der Waals surface area contributed by atoms with E-state index in [0.717, 1.165) is 11.3 Å². The highest BCUT2D eigenvalue weighted by Crippen LogP contribution is 2.22. The standard InChI is InChI=1S/C20H16N4O3S/c25-19-9-17(23-24-19)13-5-7-14(8-6-13)22-20(26)16-3-1-2-4-18(16)27-10-15-11-28-12-21-15/h1-9,11-12H,10H2,(H,22,26)(H2,23,24,25). The largest absolute Gasteiger partial charge is 0.486 e. The number of thiazole rings is 1. The molecule has 2 aromatic carbocycles. The molecule has 0 atom stereocenters. The van der Waals surface area contributed by atoms with Gasteiger partial charge in [0.15, 0.2) is 0 Å². The van der Waals surface area contributed by atoms with Crippen molar-refractivity contribution >= 4 is 22.9 Å². The summed E-state index contributed by atoms with van der Waals surface area (Å²) in [5.41, 5.74) is 4.97. The van der Waals surface area contributed by atoms with E-state index < -0.39 is 0 Å². The van der Waals surface area contributed by atoms with E-state index in [0.29, 0.717) is 29.3 Å². The molecular formula is C20H16N4O3S. The minimum atomic E-state index is -0.267. The molecule has 0 bridgehead atoms. The topological polar surface area (TPSA) is 99.9 Å². The molecule has 2 aromatic heterocycles. The number of H-pyrrole nitrogens is 2. The van der Waals surface area contributed by atoms with Crippen molar-refractivity contribution in [3.63, 3.8) is 0 Å². The number of rotatable bonds is 6. The Labute approximate surface area is 164 Å². The third-order valence-electron chi connectivity index (χ3n) is 4.04. The average Bonchev–Trinajstić information content (AvgIpc) is 3.39. The number of benzene rings is 2. The average molecular weight is 392 g/mol. The van der Waals surface area contributed by atoms with Gasteiger partial charge in [-0.15, -0.1) is 11.3 Å². The smallest absolute Gasteiger partial charge is 0.264 e. The van der Waals surface area contributed by atoms with Gasteiger partial charge in [-0.25, -0.2) is 4.98 Å². The minimum absolute atomic E-state index is 0.193. The maximum atomic E-state index is 12.7. The van der Waals surface area contributed by atoms with Gasteiger partial charge in [-0.05, 0) is 29.8 Å². The summed E-state index contributed by atoms with van der Waals surface area (Å²) in [5.74, 6) is 0.228. The molecule has 4 rings (SSSR count). The van der Waals surface area contributed by atoms with Gasteiger partial charge in [-0.3, -0.25) is 19.8 Å². The van der Waals surface area contributed by atoms with Crippen molar-refractivity contribution in [1.29, 1.82) is 0 Å². The molecule has 0 aliphatic rings. The second kappa shape index (κ2) is 7.93. The highest BCUT2D eigenvalue weighted by atomic mass is 32.1. The van der Waals surface area contributed by atoms with Crippen molar-refractivity contribution in [2.45, 2.75) is 6.61 Å². The number of para-hydroxylation sites is 1. The summed E-state index contributed by atoms with van der Waals surface area (Å²) in [6.07, 6.45) is 0. The summed E-state index contributed by atoms with van der Waals surface area (Å²) >= 11 is 1.50. The molecule has 7 nitrogen and oxygen atoms in total. The van der Waals surface area contributed by atoms with Crippen molar-refractivity contribution in [1.82, 2.24) is 15.2 Å². The first kappa shape index (κ1) is 17.7. The monoisotopic (exact) mass is 392 g/mol. The van der Waals surface area contributed by atoms with Gasteiger partial charge in [0, 0.05) is 17.1 Å². The van der Waals surface area contributed by atoms with Crippen LogP contribution in [0.3, 0.4) is 0 Å². The lowest BCUT2D eigenvalue weighted by Crippen LogP contribution is -2.13. The van der Waals surface area contributed by atoms with Crippen LogP contribution in [0.5, 0.6) is 5.75 Å². The van der Waals surface area contributed by atoms with Gasteiger partial charge >= 0.3 is 0 Å². The van der Waals surface area contributed by atoms with Gasteiger partial charge in [0.2, 0.25) is 0 Å². The first-order chi connectivity index (χ1) is 13.7. The SMILES string of the molecule is O=C(Nc1ccc(-c2cc(=O)[nH][nH]2)cc1)c1ccccc1OCc1cscn1. The van der Waals surface area contributed by atoms with Crippen molar-refractivity contribution in [2.75, 3.05) is 5.32 Å². The Hall–Kier alpha value is -3.65. The lowest BCUT2D eigenvalue weighted by atomic mass is 10.1. The van der Waals surface area contributed by atoms with Gasteiger partial charge in [-0.2, -0.15) is 0 Å². The van der Waals surface area contributed by atoms with Gasteiger partial charge in [-0.1, -0.05) is 24.3 Å². The molecule has 4 aromatic rings. The van der Waals surface area contributed by atoms with Crippen molar-refractivity contribution in [3.05, 3.63) is 87.1 Å². The highest BCUT2D eigenvalue weighted by Gasteiger charge is 2.13. The molecule has 0 radical (unpaired) electrons. The van der Waals surface area contributed by atoms with Crippen LogP contribution in [0.25, 0.3) is 11.3 Å². The molecule has 28 heavy (non-hydrogen) atoms. The number of hydrogen-bond donors (Lipinski definition) is 3. The van der Waals surface area contributed by atoms with Crippen LogP contribution in [0.4, 0.5) is 5.69 Å². The molecule has 0 saturated carbocycles. The fourth-order valence-corrected chi connectivity index (χ4v) is 3.20. The normalized spacial score (nSPS) is 10.6. The van der Waals surface area contributed by atoms with E-state index in [1.54, 1.807) is 35.8 Å². The van der Waals surface area contributed by atoms with E-state index >= 15 is 0 Å². The molecule has 0 aliphatic carbocycles. The molecule has 0 fully saturated rings.